The van der Waals surface area contributed by atoms with E-state index in [0.29, 0.717) is 0 Å². The van der Waals surface area contributed by atoms with E-state index in [-0.39, 0.29) is 10.6 Å². The Kier molecular flexibility index (Phi) is 8.43. The summed E-state index contributed by atoms with van der Waals surface area (Å²) in [5.74, 6) is -0.429. The molecule has 8 heteroatoms. The summed E-state index contributed by atoms with van der Waals surface area (Å²) in [7, 11) is -5.08. The van der Waals surface area contributed by atoms with Gasteiger partial charge in [-0.2, -0.15) is 0 Å². The first-order valence-corrected chi connectivity index (χ1v) is 13.3. The molecule has 0 fully saturated rings. The van der Waals surface area contributed by atoms with Crippen molar-refractivity contribution in [2.45, 2.75) is 56.4 Å². The second-order valence-corrected chi connectivity index (χ2v) is 13.4. The van der Waals surface area contributed by atoms with E-state index in [1.807, 2.05) is 52.0 Å². The van der Waals surface area contributed by atoms with Gasteiger partial charge in [0.25, 0.3) is 0 Å². The van der Waals surface area contributed by atoms with Crippen molar-refractivity contribution in [3.8, 4) is 0 Å². The lowest BCUT2D eigenvalue weighted by atomic mass is 9.91. The molecule has 2 N–H and O–H groups in total. The van der Waals surface area contributed by atoms with Gasteiger partial charge in [-0.05, 0) is 57.5 Å². The van der Waals surface area contributed by atoms with Crippen molar-refractivity contribution < 1.29 is 17.7 Å². The standard InChI is InChI=1S/C22H30BrNO4S2/c1-15-6-12-19(13-7-15)30(27,28)24-21(17-8-10-18(23)11-9-17)16(2)20(25)14-29(26)22(3,4)5/h6-13,16,20-21,24-25H,14H2,1-5H3/t16-,20+,21+,29?/m0/s1. The minimum absolute atomic E-state index is 0.0734. The van der Waals surface area contributed by atoms with Crippen LogP contribution in [0.1, 0.15) is 44.9 Å². The average Bonchev–Trinajstić information content (AvgIpc) is 2.66. The molecule has 2 aromatic carbocycles. The number of sulfonamides is 1. The van der Waals surface area contributed by atoms with E-state index in [1.54, 1.807) is 31.2 Å². The van der Waals surface area contributed by atoms with E-state index in [9.17, 15) is 17.7 Å². The lowest BCUT2D eigenvalue weighted by Crippen LogP contribution is -2.40. The van der Waals surface area contributed by atoms with Gasteiger partial charge in [-0.15, -0.1) is 0 Å². The van der Waals surface area contributed by atoms with Crippen LogP contribution in [-0.2, 0) is 20.8 Å². The number of benzene rings is 2. The third-order valence-corrected chi connectivity index (χ3v) is 8.98. The number of halogens is 1. The van der Waals surface area contributed by atoms with Crippen LogP contribution >= 0.6 is 15.9 Å². The molecule has 4 atom stereocenters. The minimum atomic E-state index is -3.82. The number of aliphatic hydroxyl groups is 1. The van der Waals surface area contributed by atoms with Crippen molar-refractivity contribution >= 4 is 36.8 Å². The zero-order chi connectivity index (χ0) is 22.7. The molecule has 0 saturated heterocycles. The molecular weight excluding hydrogens is 486 g/mol. The Hall–Kier alpha value is -1.06. The molecule has 0 aliphatic heterocycles. The van der Waals surface area contributed by atoms with Gasteiger partial charge in [-0.25, -0.2) is 13.1 Å². The molecule has 0 aliphatic rings. The van der Waals surface area contributed by atoms with Crippen LogP contribution in [0.2, 0.25) is 0 Å². The summed E-state index contributed by atoms with van der Waals surface area (Å²) in [4.78, 5) is 0.162. The van der Waals surface area contributed by atoms with Crippen LogP contribution in [0.15, 0.2) is 57.9 Å². The molecule has 0 radical (unpaired) electrons. The summed E-state index contributed by atoms with van der Waals surface area (Å²) in [6, 6.07) is 13.2. The molecule has 0 saturated carbocycles. The molecule has 30 heavy (non-hydrogen) atoms. The third-order valence-electron chi connectivity index (χ3n) is 4.98. The molecule has 0 aliphatic carbocycles. The SMILES string of the molecule is Cc1ccc(S(=O)(=O)N[C@@H](c2ccc(Br)cc2)[C@@H](C)[C@H](O)CS(=O)C(C)(C)C)cc1. The van der Waals surface area contributed by atoms with Gasteiger partial charge in [0.15, 0.2) is 0 Å². The van der Waals surface area contributed by atoms with E-state index >= 15 is 0 Å². The first kappa shape index (κ1) is 25.2. The highest BCUT2D eigenvalue weighted by molar-refractivity contribution is 9.10. The lowest BCUT2D eigenvalue weighted by Gasteiger charge is -2.30. The highest BCUT2D eigenvalue weighted by Gasteiger charge is 2.33. The molecule has 5 nitrogen and oxygen atoms in total. The Morgan fingerprint density at radius 2 is 1.60 bits per heavy atom. The van der Waals surface area contributed by atoms with E-state index in [2.05, 4.69) is 20.7 Å². The van der Waals surface area contributed by atoms with Crippen LogP contribution in [0.25, 0.3) is 0 Å². The predicted octanol–water partition coefficient (Wildman–Crippen LogP) is 4.32. The van der Waals surface area contributed by atoms with Gasteiger partial charge in [0.1, 0.15) is 0 Å². The smallest absolute Gasteiger partial charge is 0.241 e. The minimum Gasteiger partial charge on any atom is -0.392 e. The van der Waals surface area contributed by atoms with Crippen molar-refractivity contribution in [3.63, 3.8) is 0 Å². The van der Waals surface area contributed by atoms with Crippen LogP contribution in [-0.4, -0.2) is 34.3 Å². The van der Waals surface area contributed by atoms with Crippen LogP contribution in [0.3, 0.4) is 0 Å². The van der Waals surface area contributed by atoms with Crippen LogP contribution < -0.4 is 4.72 Å². The van der Waals surface area contributed by atoms with Crippen LogP contribution in [0, 0.1) is 12.8 Å². The monoisotopic (exact) mass is 515 g/mol. The van der Waals surface area contributed by atoms with Crippen molar-refractivity contribution in [2.75, 3.05) is 5.75 Å². The predicted molar refractivity (Wildman–Crippen MR) is 126 cm³/mol. The number of aryl methyl sites for hydroxylation is 1. The Morgan fingerprint density at radius 3 is 2.10 bits per heavy atom. The maximum absolute atomic E-state index is 13.0. The van der Waals surface area contributed by atoms with Gasteiger partial charge in [-0.3, -0.25) is 4.21 Å². The summed E-state index contributed by atoms with van der Waals surface area (Å²) in [5.41, 5.74) is 1.69. The number of hydrogen-bond acceptors (Lipinski definition) is 4. The number of rotatable bonds is 8. The number of hydrogen-bond donors (Lipinski definition) is 2. The van der Waals surface area contributed by atoms with Crippen molar-refractivity contribution in [1.82, 2.24) is 4.72 Å². The van der Waals surface area contributed by atoms with Gasteiger partial charge in [0.2, 0.25) is 10.0 Å². The Morgan fingerprint density at radius 1 is 1.07 bits per heavy atom. The summed E-state index contributed by atoms with van der Waals surface area (Å²) in [6.45, 7) is 9.23. The quantitative estimate of drug-likeness (QED) is 0.548. The fourth-order valence-corrected chi connectivity index (χ4v) is 5.57. The Bertz CT molecular complexity index is 968. The zero-order valence-corrected chi connectivity index (χ0v) is 21.1. The van der Waals surface area contributed by atoms with Crippen molar-refractivity contribution in [2.24, 2.45) is 5.92 Å². The summed E-state index contributed by atoms with van der Waals surface area (Å²) < 4.78 is 41.8. The lowest BCUT2D eigenvalue weighted by molar-refractivity contribution is 0.119. The van der Waals surface area contributed by atoms with Crippen molar-refractivity contribution in [3.05, 3.63) is 64.1 Å². The fourth-order valence-electron chi connectivity index (χ4n) is 2.88. The maximum atomic E-state index is 13.0. The van der Waals surface area contributed by atoms with Gasteiger partial charge in [0, 0.05) is 25.9 Å². The summed E-state index contributed by atoms with van der Waals surface area (Å²) in [6.07, 6.45) is -0.945. The highest BCUT2D eigenvalue weighted by Crippen LogP contribution is 2.29. The average molecular weight is 517 g/mol. The first-order valence-electron chi connectivity index (χ1n) is 9.72. The van der Waals surface area contributed by atoms with Gasteiger partial charge >= 0.3 is 0 Å². The number of nitrogens with one attached hydrogen (secondary N) is 1. The molecule has 0 aromatic heterocycles. The summed E-state index contributed by atoms with van der Waals surface area (Å²) in [5, 5.41) is 10.8. The molecule has 2 rings (SSSR count). The molecule has 0 amide bonds. The highest BCUT2D eigenvalue weighted by atomic mass is 79.9. The van der Waals surface area contributed by atoms with Crippen molar-refractivity contribution in [1.29, 1.82) is 0 Å². The first-order chi connectivity index (χ1) is 13.8. The molecule has 2 aromatic rings. The molecule has 1 unspecified atom stereocenters. The topological polar surface area (TPSA) is 83.5 Å². The van der Waals surface area contributed by atoms with E-state index in [4.69, 9.17) is 0 Å². The number of aliphatic hydroxyl groups excluding tert-OH is 1. The molecule has 0 bridgehead atoms. The van der Waals surface area contributed by atoms with Crippen LogP contribution in [0.5, 0.6) is 0 Å². The summed E-state index contributed by atoms with van der Waals surface area (Å²) >= 11 is 3.39. The normalized spacial score (nSPS) is 16.6. The maximum Gasteiger partial charge on any atom is 0.241 e. The second-order valence-electron chi connectivity index (χ2n) is 8.51. The van der Waals surface area contributed by atoms with Gasteiger partial charge < -0.3 is 5.11 Å². The largest absolute Gasteiger partial charge is 0.392 e. The Labute approximate surface area is 190 Å². The van der Waals surface area contributed by atoms with E-state index < -0.39 is 43.6 Å². The van der Waals surface area contributed by atoms with Gasteiger partial charge in [-0.1, -0.05) is 52.7 Å². The second kappa shape index (κ2) is 10.0. The zero-order valence-electron chi connectivity index (χ0n) is 17.9. The van der Waals surface area contributed by atoms with Crippen LogP contribution in [0.4, 0.5) is 0 Å². The molecule has 0 heterocycles. The molecule has 166 valence electrons. The van der Waals surface area contributed by atoms with E-state index in [0.717, 1.165) is 15.6 Å². The molecule has 0 spiro atoms. The van der Waals surface area contributed by atoms with Gasteiger partial charge in [0.05, 0.1) is 22.8 Å². The Balaban J connectivity index is 2.36. The third kappa shape index (κ3) is 6.72. The fraction of sp³-hybridized carbons (Fsp3) is 0.455. The molecular formula is C22H30BrNO4S2. The van der Waals surface area contributed by atoms with E-state index in [1.165, 1.54) is 0 Å².